The predicted molar refractivity (Wildman–Crippen MR) is 76.5 cm³/mol. The Hall–Kier alpha value is -1.59. The minimum absolute atomic E-state index is 0.00425. The normalized spacial score (nSPS) is 29.5. The summed E-state index contributed by atoms with van der Waals surface area (Å²) >= 11 is 0. The summed E-state index contributed by atoms with van der Waals surface area (Å²) in [6, 6.07) is 0. The molecule has 6 heteroatoms. The van der Waals surface area contributed by atoms with E-state index in [1.807, 2.05) is 0 Å². The predicted octanol–water partition coefficient (Wildman–Crippen LogP) is 1.01. The number of likely N-dealkylation sites (tertiary alicyclic amines) is 1. The largest absolute Gasteiger partial charge is 0.481 e. The molecule has 2 amide bonds. The summed E-state index contributed by atoms with van der Waals surface area (Å²) in [5.41, 5.74) is -0.836. The summed E-state index contributed by atoms with van der Waals surface area (Å²) in [5.74, 6) is -0.531. The lowest BCUT2D eigenvalue weighted by Crippen LogP contribution is -2.47. The first kappa shape index (κ1) is 15.8. The van der Waals surface area contributed by atoms with E-state index in [0.29, 0.717) is 31.7 Å². The fourth-order valence-corrected chi connectivity index (χ4v) is 3.15. The van der Waals surface area contributed by atoms with Gasteiger partial charge in [0.1, 0.15) is 0 Å². The second-order valence-corrected chi connectivity index (χ2v) is 6.46. The van der Waals surface area contributed by atoms with Crippen LogP contribution in [0.25, 0.3) is 0 Å². The van der Waals surface area contributed by atoms with E-state index >= 15 is 0 Å². The third kappa shape index (κ3) is 3.74. The van der Waals surface area contributed by atoms with Crippen molar-refractivity contribution in [1.82, 2.24) is 10.2 Å². The molecule has 1 saturated carbocycles. The molecule has 0 aromatic carbocycles. The lowest BCUT2D eigenvalue weighted by molar-refractivity contribution is -0.151. The average Bonchev–Trinajstić information content (AvgIpc) is 2.84. The smallest absolute Gasteiger partial charge is 0.311 e. The van der Waals surface area contributed by atoms with Crippen LogP contribution >= 0.6 is 0 Å². The van der Waals surface area contributed by atoms with Crippen LogP contribution in [0.2, 0.25) is 0 Å². The summed E-state index contributed by atoms with van der Waals surface area (Å²) in [4.78, 5) is 36.5. The SMILES string of the molecule is CC1CCC(CNC(=O)CN2CCCC2=O)(C(=O)O)CC1. The molecule has 0 bridgehead atoms. The minimum atomic E-state index is -0.836. The highest BCUT2D eigenvalue weighted by atomic mass is 16.4. The Morgan fingerprint density at radius 2 is 2.05 bits per heavy atom. The number of hydrogen-bond donors (Lipinski definition) is 2. The molecular formula is C15H24N2O4. The molecule has 0 radical (unpaired) electrons. The minimum Gasteiger partial charge on any atom is -0.481 e. The molecule has 1 heterocycles. The maximum Gasteiger partial charge on any atom is 0.311 e. The quantitative estimate of drug-likeness (QED) is 0.792. The standard InChI is InChI=1S/C15H24N2O4/c1-11-4-6-15(7-5-11,14(20)21)10-16-12(18)9-17-8-2-3-13(17)19/h11H,2-10H2,1H3,(H,16,18)(H,20,21). The van der Waals surface area contributed by atoms with E-state index in [4.69, 9.17) is 0 Å². The van der Waals surface area contributed by atoms with E-state index in [0.717, 1.165) is 19.3 Å². The monoisotopic (exact) mass is 296 g/mol. The zero-order valence-corrected chi connectivity index (χ0v) is 12.6. The Morgan fingerprint density at radius 1 is 1.38 bits per heavy atom. The molecule has 2 rings (SSSR count). The van der Waals surface area contributed by atoms with Gasteiger partial charge in [-0.3, -0.25) is 14.4 Å². The molecule has 2 aliphatic rings. The highest BCUT2D eigenvalue weighted by Crippen LogP contribution is 2.38. The number of carboxylic acids is 1. The van der Waals surface area contributed by atoms with Crippen LogP contribution in [0.3, 0.4) is 0 Å². The van der Waals surface area contributed by atoms with Gasteiger partial charge in [0.2, 0.25) is 11.8 Å². The summed E-state index contributed by atoms with van der Waals surface area (Å²) in [7, 11) is 0. The van der Waals surface area contributed by atoms with Crippen molar-refractivity contribution >= 4 is 17.8 Å². The Morgan fingerprint density at radius 3 is 2.57 bits per heavy atom. The van der Waals surface area contributed by atoms with E-state index in [1.54, 1.807) is 0 Å². The van der Waals surface area contributed by atoms with E-state index in [9.17, 15) is 19.5 Å². The molecule has 0 atom stereocenters. The second kappa shape index (κ2) is 6.45. The van der Waals surface area contributed by atoms with Crippen molar-refractivity contribution in [2.75, 3.05) is 19.6 Å². The van der Waals surface area contributed by atoms with Gasteiger partial charge in [-0.25, -0.2) is 0 Å². The first-order chi connectivity index (χ1) is 9.93. The van der Waals surface area contributed by atoms with Crippen molar-refractivity contribution in [1.29, 1.82) is 0 Å². The number of hydrogen-bond acceptors (Lipinski definition) is 3. The zero-order chi connectivity index (χ0) is 15.5. The fraction of sp³-hybridized carbons (Fsp3) is 0.800. The van der Waals surface area contributed by atoms with Gasteiger partial charge in [0.15, 0.2) is 0 Å². The van der Waals surface area contributed by atoms with E-state index in [-0.39, 0.29) is 24.9 Å². The third-order valence-corrected chi connectivity index (χ3v) is 4.81. The van der Waals surface area contributed by atoms with Gasteiger partial charge in [0.25, 0.3) is 0 Å². The maximum atomic E-state index is 11.9. The Labute approximate surface area is 124 Å². The lowest BCUT2D eigenvalue weighted by Gasteiger charge is -2.36. The second-order valence-electron chi connectivity index (χ2n) is 6.46. The van der Waals surface area contributed by atoms with Gasteiger partial charge in [-0.1, -0.05) is 6.92 Å². The van der Waals surface area contributed by atoms with Crippen LogP contribution in [0.5, 0.6) is 0 Å². The molecule has 118 valence electrons. The van der Waals surface area contributed by atoms with Crippen LogP contribution in [0.1, 0.15) is 45.4 Å². The highest BCUT2D eigenvalue weighted by molar-refractivity contribution is 5.86. The van der Waals surface area contributed by atoms with Crippen molar-refractivity contribution in [3.63, 3.8) is 0 Å². The number of aliphatic carboxylic acids is 1. The molecule has 0 spiro atoms. The van der Waals surface area contributed by atoms with Crippen molar-refractivity contribution in [2.45, 2.75) is 45.4 Å². The summed E-state index contributed by atoms with van der Waals surface area (Å²) in [6.07, 6.45) is 4.27. The Bertz CT molecular complexity index is 427. The summed E-state index contributed by atoms with van der Waals surface area (Å²) < 4.78 is 0. The lowest BCUT2D eigenvalue weighted by atomic mass is 9.71. The first-order valence-electron chi connectivity index (χ1n) is 7.71. The number of nitrogens with one attached hydrogen (secondary N) is 1. The fourth-order valence-electron chi connectivity index (χ4n) is 3.15. The van der Waals surface area contributed by atoms with Gasteiger partial charge in [0, 0.05) is 19.5 Å². The third-order valence-electron chi connectivity index (χ3n) is 4.81. The van der Waals surface area contributed by atoms with Gasteiger partial charge in [-0.15, -0.1) is 0 Å². The van der Waals surface area contributed by atoms with E-state index in [1.165, 1.54) is 4.90 Å². The molecule has 1 aliphatic heterocycles. The van der Waals surface area contributed by atoms with Gasteiger partial charge < -0.3 is 15.3 Å². The van der Waals surface area contributed by atoms with Crippen LogP contribution in [-0.4, -0.2) is 47.4 Å². The molecule has 0 aromatic rings. The molecule has 1 saturated heterocycles. The topological polar surface area (TPSA) is 86.7 Å². The van der Waals surface area contributed by atoms with E-state index in [2.05, 4.69) is 12.2 Å². The molecule has 0 unspecified atom stereocenters. The molecule has 1 aliphatic carbocycles. The molecular weight excluding hydrogens is 272 g/mol. The molecule has 21 heavy (non-hydrogen) atoms. The molecule has 2 N–H and O–H groups in total. The molecule has 6 nitrogen and oxygen atoms in total. The number of rotatable bonds is 5. The Kier molecular flexibility index (Phi) is 4.85. The van der Waals surface area contributed by atoms with Crippen LogP contribution < -0.4 is 5.32 Å². The van der Waals surface area contributed by atoms with Crippen molar-refractivity contribution < 1.29 is 19.5 Å². The number of carbonyl (C=O) groups is 3. The van der Waals surface area contributed by atoms with Crippen LogP contribution in [0.15, 0.2) is 0 Å². The van der Waals surface area contributed by atoms with Crippen molar-refractivity contribution in [3.8, 4) is 0 Å². The zero-order valence-electron chi connectivity index (χ0n) is 12.6. The van der Waals surface area contributed by atoms with Gasteiger partial charge in [0.05, 0.1) is 12.0 Å². The number of nitrogens with zero attached hydrogens (tertiary/aromatic N) is 1. The molecule has 0 aromatic heterocycles. The number of carbonyl (C=O) groups excluding carboxylic acids is 2. The maximum absolute atomic E-state index is 11.9. The van der Waals surface area contributed by atoms with Crippen molar-refractivity contribution in [3.05, 3.63) is 0 Å². The van der Waals surface area contributed by atoms with Crippen LogP contribution in [0.4, 0.5) is 0 Å². The summed E-state index contributed by atoms with van der Waals surface area (Å²) in [5, 5.41) is 12.2. The van der Waals surface area contributed by atoms with Crippen LogP contribution in [0, 0.1) is 11.3 Å². The van der Waals surface area contributed by atoms with Crippen molar-refractivity contribution in [2.24, 2.45) is 11.3 Å². The Balaban J connectivity index is 1.85. The molecule has 2 fully saturated rings. The average molecular weight is 296 g/mol. The van der Waals surface area contributed by atoms with E-state index < -0.39 is 11.4 Å². The van der Waals surface area contributed by atoms with Gasteiger partial charge in [-0.2, -0.15) is 0 Å². The number of carboxylic acid groups (broad SMARTS) is 1. The summed E-state index contributed by atoms with van der Waals surface area (Å²) in [6.45, 7) is 2.96. The highest BCUT2D eigenvalue weighted by Gasteiger charge is 2.41. The van der Waals surface area contributed by atoms with Crippen LogP contribution in [-0.2, 0) is 14.4 Å². The first-order valence-corrected chi connectivity index (χ1v) is 7.71. The number of amides is 2. The van der Waals surface area contributed by atoms with Gasteiger partial charge >= 0.3 is 5.97 Å². The van der Waals surface area contributed by atoms with Gasteiger partial charge in [-0.05, 0) is 38.0 Å².